The van der Waals surface area contributed by atoms with Gasteiger partial charge in [-0.25, -0.2) is 0 Å². The maximum atomic E-state index is 5.79. The van der Waals surface area contributed by atoms with Crippen molar-refractivity contribution in [2.75, 3.05) is 20.1 Å². The molecule has 1 fully saturated rings. The van der Waals surface area contributed by atoms with Gasteiger partial charge in [-0.3, -0.25) is 0 Å². The molecule has 2 nitrogen and oxygen atoms in total. The predicted molar refractivity (Wildman–Crippen MR) is 62.2 cm³/mol. The number of hydrogen-bond donors (Lipinski definition) is 1. The monoisotopic (exact) mass is 198 g/mol. The van der Waals surface area contributed by atoms with E-state index in [1.165, 1.54) is 12.8 Å². The second kappa shape index (κ2) is 5.13. The van der Waals surface area contributed by atoms with Gasteiger partial charge in [0.15, 0.2) is 0 Å². The third-order valence-electron chi connectivity index (χ3n) is 3.77. The van der Waals surface area contributed by atoms with Crippen molar-refractivity contribution in [3.05, 3.63) is 0 Å². The zero-order valence-corrected chi connectivity index (χ0v) is 10.2. The van der Waals surface area contributed by atoms with Gasteiger partial charge in [-0.2, -0.15) is 0 Å². The molecule has 0 aromatic rings. The molecule has 14 heavy (non-hydrogen) atoms. The van der Waals surface area contributed by atoms with Crippen LogP contribution in [-0.2, 0) is 0 Å². The van der Waals surface area contributed by atoms with E-state index in [4.69, 9.17) is 5.73 Å². The van der Waals surface area contributed by atoms with Gasteiger partial charge in [0.1, 0.15) is 0 Å². The van der Waals surface area contributed by atoms with Gasteiger partial charge in [-0.05, 0) is 51.1 Å². The second-order valence-corrected chi connectivity index (χ2v) is 5.26. The average Bonchev–Trinajstić information content (AvgIpc) is 2.95. The molecule has 0 heterocycles. The van der Waals surface area contributed by atoms with Crippen LogP contribution in [0.5, 0.6) is 0 Å². The van der Waals surface area contributed by atoms with E-state index in [-0.39, 0.29) is 0 Å². The first kappa shape index (κ1) is 12.0. The van der Waals surface area contributed by atoms with E-state index in [9.17, 15) is 0 Å². The van der Waals surface area contributed by atoms with Gasteiger partial charge in [-0.15, -0.1) is 0 Å². The Kier molecular flexibility index (Phi) is 4.39. The molecule has 0 saturated heterocycles. The van der Waals surface area contributed by atoms with E-state index in [1.807, 2.05) is 0 Å². The van der Waals surface area contributed by atoms with Gasteiger partial charge in [0.05, 0.1) is 0 Å². The smallest absolute Gasteiger partial charge is 0.00922 e. The second-order valence-electron chi connectivity index (χ2n) is 5.26. The minimum absolute atomic E-state index is 0.654. The Morgan fingerprint density at radius 2 is 1.86 bits per heavy atom. The summed E-state index contributed by atoms with van der Waals surface area (Å²) in [6.45, 7) is 8.87. The quantitative estimate of drug-likeness (QED) is 0.707. The van der Waals surface area contributed by atoms with Crippen LogP contribution in [-0.4, -0.2) is 31.1 Å². The summed E-state index contributed by atoms with van der Waals surface area (Å²) in [4.78, 5) is 2.50. The molecule has 0 spiro atoms. The number of nitrogens with zero attached hydrogens (tertiary/aromatic N) is 1. The van der Waals surface area contributed by atoms with E-state index in [1.54, 1.807) is 0 Å². The summed E-state index contributed by atoms with van der Waals surface area (Å²) in [6, 6.07) is 0.753. The molecule has 2 atom stereocenters. The largest absolute Gasteiger partial charge is 0.330 e. The van der Waals surface area contributed by atoms with Crippen molar-refractivity contribution >= 4 is 0 Å². The Labute approximate surface area is 88.8 Å². The topological polar surface area (TPSA) is 29.3 Å². The van der Waals surface area contributed by atoms with Crippen LogP contribution in [0.4, 0.5) is 0 Å². The summed E-state index contributed by atoms with van der Waals surface area (Å²) < 4.78 is 0. The lowest BCUT2D eigenvalue weighted by Gasteiger charge is -2.30. The highest BCUT2D eigenvalue weighted by atomic mass is 15.1. The molecule has 0 aromatic carbocycles. The maximum Gasteiger partial charge on any atom is 0.00922 e. The molecular weight excluding hydrogens is 172 g/mol. The SMILES string of the molecule is CC(C)C(CN)CN(C)C(C)C1CC1. The van der Waals surface area contributed by atoms with Crippen molar-refractivity contribution in [2.45, 2.75) is 39.7 Å². The fourth-order valence-electron chi connectivity index (χ4n) is 2.03. The van der Waals surface area contributed by atoms with Crippen molar-refractivity contribution < 1.29 is 0 Å². The Bertz CT molecular complexity index is 164. The number of nitrogens with two attached hydrogens (primary N) is 1. The van der Waals surface area contributed by atoms with Crippen molar-refractivity contribution in [2.24, 2.45) is 23.5 Å². The molecule has 1 saturated carbocycles. The zero-order chi connectivity index (χ0) is 10.7. The van der Waals surface area contributed by atoms with Gasteiger partial charge in [-0.1, -0.05) is 13.8 Å². The van der Waals surface area contributed by atoms with Gasteiger partial charge in [0.25, 0.3) is 0 Å². The van der Waals surface area contributed by atoms with E-state index in [0.717, 1.165) is 25.0 Å². The minimum atomic E-state index is 0.654. The molecule has 1 aliphatic carbocycles. The molecule has 84 valence electrons. The Morgan fingerprint density at radius 3 is 2.21 bits per heavy atom. The first-order chi connectivity index (χ1) is 6.56. The van der Waals surface area contributed by atoms with Crippen LogP contribution in [0.3, 0.4) is 0 Å². The summed E-state index contributed by atoms with van der Waals surface area (Å²) in [5, 5.41) is 0. The van der Waals surface area contributed by atoms with Crippen molar-refractivity contribution in [1.29, 1.82) is 0 Å². The summed E-state index contributed by atoms with van der Waals surface area (Å²) in [7, 11) is 2.24. The van der Waals surface area contributed by atoms with Gasteiger partial charge in [0, 0.05) is 12.6 Å². The van der Waals surface area contributed by atoms with E-state index >= 15 is 0 Å². The fourth-order valence-corrected chi connectivity index (χ4v) is 2.03. The van der Waals surface area contributed by atoms with Gasteiger partial charge < -0.3 is 10.6 Å². The molecule has 0 radical (unpaired) electrons. The first-order valence-electron chi connectivity index (χ1n) is 5.96. The lowest BCUT2D eigenvalue weighted by Crippen LogP contribution is -2.39. The highest BCUT2D eigenvalue weighted by Gasteiger charge is 2.31. The van der Waals surface area contributed by atoms with E-state index < -0.39 is 0 Å². The standard InChI is InChI=1S/C12H26N2/c1-9(2)12(7-13)8-14(4)10(3)11-5-6-11/h9-12H,5-8,13H2,1-4H3. The summed E-state index contributed by atoms with van der Waals surface area (Å²) in [5.74, 6) is 2.32. The van der Waals surface area contributed by atoms with Gasteiger partial charge in [0.2, 0.25) is 0 Å². The fraction of sp³-hybridized carbons (Fsp3) is 1.00. The molecule has 0 amide bonds. The third-order valence-corrected chi connectivity index (χ3v) is 3.77. The highest BCUT2D eigenvalue weighted by molar-refractivity contribution is 4.85. The molecule has 2 unspecified atom stereocenters. The lowest BCUT2D eigenvalue weighted by atomic mass is 9.95. The van der Waals surface area contributed by atoms with Crippen molar-refractivity contribution in [3.63, 3.8) is 0 Å². The number of hydrogen-bond acceptors (Lipinski definition) is 2. The summed E-state index contributed by atoms with van der Waals surface area (Å²) >= 11 is 0. The molecule has 0 bridgehead atoms. The highest BCUT2D eigenvalue weighted by Crippen LogP contribution is 2.34. The zero-order valence-electron chi connectivity index (χ0n) is 10.2. The van der Waals surface area contributed by atoms with Crippen LogP contribution in [0.1, 0.15) is 33.6 Å². The Morgan fingerprint density at radius 1 is 1.29 bits per heavy atom. The third kappa shape index (κ3) is 3.25. The predicted octanol–water partition coefficient (Wildman–Crippen LogP) is 1.95. The van der Waals surface area contributed by atoms with Crippen LogP contribution in [0.2, 0.25) is 0 Å². The van der Waals surface area contributed by atoms with Crippen LogP contribution >= 0.6 is 0 Å². The van der Waals surface area contributed by atoms with Crippen molar-refractivity contribution in [1.82, 2.24) is 4.90 Å². The van der Waals surface area contributed by atoms with Crippen LogP contribution in [0, 0.1) is 17.8 Å². The Hall–Kier alpha value is -0.0800. The van der Waals surface area contributed by atoms with Crippen molar-refractivity contribution in [3.8, 4) is 0 Å². The van der Waals surface area contributed by atoms with Crippen LogP contribution < -0.4 is 5.73 Å². The lowest BCUT2D eigenvalue weighted by molar-refractivity contribution is 0.180. The normalized spacial score (nSPS) is 21.6. The molecule has 0 aromatic heterocycles. The molecule has 1 rings (SSSR count). The Balaban J connectivity index is 2.32. The van der Waals surface area contributed by atoms with Crippen LogP contribution in [0.15, 0.2) is 0 Å². The number of rotatable bonds is 6. The van der Waals surface area contributed by atoms with Crippen LogP contribution in [0.25, 0.3) is 0 Å². The molecule has 0 aliphatic heterocycles. The molecule has 1 aliphatic rings. The molecular formula is C12H26N2. The molecule has 2 N–H and O–H groups in total. The molecule has 2 heteroatoms. The average molecular weight is 198 g/mol. The van der Waals surface area contributed by atoms with E-state index in [0.29, 0.717) is 11.8 Å². The summed E-state index contributed by atoms with van der Waals surface area (Å²) in [5.41, 5.74) is 5.79. The first-order valence-corrected chi connectivity index (χ1v) is 5.96. The minimum Gasteiger partial charge on any atom is -0.330 e. The van der Waals surface area contributed by atoms with Gasteiger partial charge >= 0.3 is 0 Å². The maximum absolute atomic E-state index is 5.79. The summed E-state index contributed by atoms with van der Waals surface area (Å²) in [6.07, 6.45) is 2.86. The van der Waals surface area contributed by atoms with E-state index in [2.05, 4.69) is 32.7 Å².